The Balaban J connectivity index is 1.53. The van der Waals surface area contributed by atoms with Gasteiger partial charge in [0, 0.05) is 25.8 Å². The number of aromatic nitrogens is 2. The topological polar surface area (TPSA) is 61.3 Å². The molecule has 0 radical (unpaired) electrons. The Morgan fingerprint density at radius 2 is 2.07 bits per heavy atom. The highest BCUT2D eigenvalue weighted by Crippen LogP contribution is 2.34. The van der Waals surface area contributed by atoms with E-state index in [1.807, 2.05) is 0 Å². The van der Waals surface area contributed by atoms with Crippen LogP contribution in [0, 0.1) is 5.92 Å². The molecule has 1 fully saturated rings. The van der Waals surface area contributed by atoms with Crippen molar-refractivity contribution < 1.29 is 5.11 Å². The maximum atomic E-state index is 9.51. The normalized spacial score (nSPS) is 22.2. The summed E-state index contributed by atoms with van der Waals surface area (Å²) < 4.78 is 0. The fourth-order valence-electron chi connectivity index (χ4n) is 4.53. The lowest BCUT2D eigenvalue weighted by Crippen LogP contribution is -2.37. The van der Waals surface area contributed by atoms with E-state index in [0.29, 0.717) is 17.9 Å². The van der Waals surface area contributed by atoms with Crippen molar-refractivity contribution in [2.45, 2.75) is 57.9 Å². The molecule has 2 aliphatic rings. The minimum atomic E-state index is 0.254. The number of hydrogen-bond donors (Lipinski definition) is 2. The smallest absolute Gasteiger partial charge is 0.134 e. The van der Waals surface area contributed by atoms with Crippen LogP contribution in [0.1, 0.15) is 68.2 Å². The summed E-state index contributed by atoms with van der Waals surface area (Å²) in [6.07, 6.45) is 7.36. The van der Waals surface area contributed by atoms with Gasteiger partial charge in [0.1, 0.15) is 18.0 Å². The molecule has 0 bridgehead atoms. The number of rotatable bonds is 5. The number of nitrogens with zero attached hydrogens (tertiary/aromatic N) is 3. The number of aryl methyl sites for hydroxylation is 1. The van der Waals surface area contributed by atoms with Crippen LogP contribution in [0.25, 0.3) is 0 Å². The van der Waals surface area contributed by atoms with Crippen LogP contribution in [0.4, 0.5) is 11.6 Å². The Hall–Kier alpha value is -2.14. The van der Waals surface area contributed by atoms with E-state index in [2.05, 4.69) is 58.3 Å². The van der Waals surface area contributed by atoms with Crippen molar-refractivity contribution in [3.63, 3.8) is 0 Å². The van der Waals surface area contributed by atoms with Crippen molar-refractivity contribution in [2.24, 2.45) is 5.92 Å². The first-order valence-corrected chi connectivity index (χ1v) is 10.7. The average molecular weight is 381 g/mol. The van der Waals surface area contributed by atoms with E-state index in [-0.39, 0.29) is 6.61 Å². The number of benzene rings is 1. The van der Waals surface area contributed by atoms with Crippen LogP contribution >= 0.6 is 0 Å². The van der Waals surface area contributed by atoms with Gasteiger partial charge in [-0.05, 0) is 60.6 Å². The van der Waals surface area contributed by atoms with Gasteiger partial charge >= 0.3 is 0 Å². The molecular formula is C23H32N4O. The summed E-state index contributed by atoms with van der Waals surface area (Å²) in [5, 5.41) is 13.2. The van der Waals surface area contributed by atoms with Gasteiger partial charge in [0.05, 0.1) is 6.04 Å². The van der Waals surface area contributed by atoms with Crippen LogP contribution < -0.4 is 10.2 Å². The first-order valence-electron chi connectivity index (χ1n) is 10.7. The molecule has 1 aliphatic carbocycles. The van der Waals surface area contributed by atoms with Crippen LogP contribution in [-0.4, -0.2) is 34.8 Å². The zero-order valence-electron chi connectivity index (χ0n) is 17.1. The van der Waals surface area contributed by atoms with E-state index < -0.39 is 0 Å². The van der Waals surface area contributed by atoms with E-state index in [4.69, 9.17) is 0 Å². The molecule has 150 valence electrons. The lowest BCUT2D eigenvalue weighted by atomic mass is 9.85. The fourth-order valence-corrected chi connectivity index (χ4v) is 4.53. The third kappa shape index (κ3) is 4.14. The van der Waals surface area contributed by atoms with Gasteiger partial charge in [-0.3, -0.25) is 0 Å². The van der Waals surface area contributed by atoms with Crippen LogP contribution in [0.15, 0.2) is 30.6 Å². The molecule has 0 spiro atoms. The minimum Gasteiger partial charge on any atom is -0.396 e. The number of nitrogens with one attached hydrogen (secondary N) is 1. The third-order valence-electron chi connectivity index (χ3n) is 6.23. The van der Waals surface area contributed by atoms with Gasteiger partial charge in [0.2, 0.25) is 0 Å². The molecule has 0 amide bonds. The summed E-state index contributed by atoms with van der Waals surface area (Å²) in [4.78, 5) is 11.3. The SMILES string of the molecule is CC(C)c1ccc2c(c1)[C@H](Nc1cc(N3CCCC(CO)C3)ncn1)CCC2. The van der Waals surface area contributed by atoms with E-state index in [0.717, 1.165) is 50.4 Å². The molecule has 4 rings (SSSR count). The summed E-state index contributed by atoms with van der Waals surface area (Å²) in [6, 6.07) is 9.35. The van der Waals surface area contributed by atoms with Crippen molar-refractivity contribution in [1.82, 2.24) is 9.97 Å². The van der Waals surface area contributed by atoms with E-state index >= 15 is 0 Å². The highest BCUT2D eigenvalue weighted by Gasteiger charge is 2.23. The third-order valence-corrected chi connectivity index (χ3v) is 6.23. The number of aliphatic hydroxyl groups is 1. The molecule has 2 N–H and O–H groups in total. The highest BCUT2D eigenvalue weighted by atomic mass is 16.3. The average Bonchev–Trinajstić information content (AvgIpc) is 2.74. The number of piperidine rings is 1. The molecule has 1 aromatic carbocycles. The number of fused-ring (bicyclic) bond motifs is 1. The Bertz CT molecular complexity index is 807. The largest absolute Gasteiger partial charge is 0.396 e. The molecule has 2 aromatic rings. The van der Waals surface area contributed by atoms with Gasteiger partial charge in [-0.15, -0.1) is 0 Å². The van der Waals surface area contributed by atoms with Crippen molar-refractivity contribution in [3.8, 4) is 0 Å². The second-order valence-corrected chi connectivity index (χ2v) is 8.60. The summed E-state index contributed by atoms with van der Waals surface area (Å²) in [7, 11) is 0. The zero-order chi connectivity index (χ0) is 19.5. The first-order chi connectivity index (χ1) is 13.6. The Morgan fingerprint density at radius 3 is 2.89 bits per heavy atom. The molecule has 1 unspecified atom stereocenters. The molecule has 1 aromatic heterocycles. The van der Waals surface area contributed by atoms with E-state index in [1.54, 1.807) is 6.33 Å². The Labute approximate surface area is 168 Å². The van der Waals surface area contributed by atoms with Gasteiger partial charge < -0.3 is 15.3 Å². The van der Waals surface area contributed by atoms with Crippen molar-refractivity contribution in [1.29, 1.82) is 0 Å². The van der Waals surface area contributed by atoms with Gasteiger partial charge in [-0.25, -0.2) is 9.97 Å². The second kappa shape index (κ2) is 8.48. The molecule has 1 aliphatic heterocycles. The van der Waals surface area contributed by atoms with Crippen LogP contribution in [-0.2, 0) is 6.42 Å². The van der Waals surface area contributed by atoms with Crippen LogP contribution in [0.5, 0.6) is 0 Å². The quantitative estimate of drug-likeness (QED) is 0.810. The number of hydrogen-bond acceptors (Lipinski definition) is 5. The first kappa shape index (κ1) is 19.2. The minimum absolute atomic E-state index is 0.254. The molecule has 2 heterocycles. The molecule has 5 heteroatoms. The lowest BCUT2D eigenvalue weighted by molar-refractivity contribution is 0.208. The molecular weight excluding hydrogens is 348 g/mol. The maximum absolute atomic E-state index is 9.51. The fraction of sp³-hybridized carbons (Fsp3) is 0.565. The lowest BCUT2D eigenvalue weighted by Gasteiger charge is -2.33. The maximum Gasteiger partial charge on any atom is 0.134 e. The second-order valence-electron chi connectivity index (χ2n) is 8.60. The van der Waals surface area contributed by atoms with E-state index in [1.165, 1.54) is 23.1 Å². The Kier molecular flexibility index (Phi) is 5.81. The van der Waals surface area contributed by atoms with Gasteiger partial charge in [0.15, 0.2) is 0 Å². The van der Waals surface area contributed by atoms with Gasteiger partial charge in [-0.2, -0.15) is 0 Å². The van der Waals surface area contributed by atoms with Crippen molar-refractivity contribution >= 4 is 11.6 Å². The summed E-state index contributed by atoms with van der Waals surface area (Å²) >= 11 is 0. The standard InChI is InChI=1S/C23H32N4O/c1-16(2)19-9-8-18-6-3-7-21(20(18)11-19)26-22-12-23(25-15-24-22)27-10-4-5-17(13-27)14-28/h8-9,11-12,15-17,21,28H,3-7,10,13-14H2,1-2H3,(H,24,25,26)/t17?,21-/m1/s1. The zero-order valence-corrected chi connectivity index (χ0v) is 17.1. The van der Waals surface area contributed by atoms with Crippen molar-refractivity contribution in [3.05, 3.63) is 47.3 Å². The molecule has 5 nitrogen and oxygen atoms in total. The molecule has 0 saturated carbocycles. The van der Waals surface area contributed by atoms with Gasteiger partial charge in [0.25, 0.3) is 0 Å². The highest BCUT2D eigenvalue weighted by molar-refractivity contribution is 5.51. The predicted octanol–water partition coefficient (Wildman–Crippen LogP) is 4.30. The van der Waals surface area contributed by atoms with Crippen molar-refractivity contribution in [2.75, 3.05) is 29.9 Å². The van der Waals surface area contributed by atoms with E-state index in [9.17, 15) is 5.11 Å². The summed E-state index contributed by atoms with van der Waals surface area (Å²) in [5.74, 6) is 2.74. The van der Waals surface area contributed by atoms with Gasteiger partial charge in [-0.1, -0.05) is 32.0 Å². The molecule has 28 heavy (non-hydrogen) atoms. The monoisotopic (exact) mass is 380 g/mol. The number of aliphatic hydroxyl groups excluding tert-OH is 1. The molecule has 2 atom stereocenters. The van der Waals surface area contributed by atoms with Crippen LogP contribution in [0.3, 0.4) is 0 Å². The predicted molar refractivity (Wildman–Crippen MR) is 114 cm³/mol. The summed E-state index contributed by atoms with van der Waals surface area (Å²) in [6.45, 7) is 6.63. The number of anilines is 2. The Morgan fingerprint density at radius 1 is 1.18 bits per heavy atom. The summed E-state index contributed by atoms with van der Waals surface area (Å²) in [5.41, 5.74) is 4.29. The molecule has 1 saturated heterocycles. The van der Waals surface area contributed by atoms with Crippen LogP contribution in [0.2, 0.25) is 0 Å².